The number of rotatable bonds is 3. The van der Waals surface area contributed by atoms with Gasteiger partial charge in [-0.15, -0.1) is 0 Å². The largest absolute Gasteiger partial charge is 0.478 e. The summed E-state index contributed by atoms with van der Waals surface area (Å²) in [5.41, 5.74) is 0.333. The van der Waals surface area contributed by atoms with Crippen molar-refractivity contribution in [1.29, 1.82) is 0 Å². The highest BCUT2D eigenvalue weighted by atomic mass is 79.9. The molecular weight excluding hydrogens is 336 g/mol. The van der Waals surface area contributed by atoms with Crippen molar-refractivity contribution in [1.82, 2.24) is 4.98 Å². The van der Waals surface area contributed by atoms with E-state index in [1.165, 1.54) is 12.1 Å². The molecule has 2 rings (SSSR count). The molecule has 4 nitrogen and oxygen atoms in total. The predicted molar refractivity (Wildman–Crippen MR) is 70.1 cm³/mol. The maximum absolute atomic E-state index is 13.6. The van der Waals surface area contributed by atoms with Crippen molar-refractivity contribution in [3.63, 3.8) is 0 Å². The monoisotopic (exact) mass is 343 g/mol. The lowest BCUT2D eigenvalue weighted by atomic mass is 10.2. The summed E-state index contributed by atoms with van der Waals surface area (Å²) >= 11 is 3.01. The standard InChI is InChI=1S/C13H8BrF2NO3/c1-6-2-7(13(18)19)3-11(17-6)20-10-5-8(14)4-9(15)12(10)16/h2-5H,1H3,(H,18,19). The third-order valence-electron chi connectivity index (χ3n) is 2.35. The van der Waals surface area contributed by atoms with Crippen LogP contribution in [0.2, 0.25) is 0 Å². The molecule has 0 radical (unpaired) electrons. The van der Waals surface area contributed by atoms with Crippen LogP contribution in [0, 0.1) is 18.6 Å². The lowest BCUT2D eigenvalue weighted by molar-refractivity contribution is 0.0696. The number of carboxylic acid groups (broad SMARTS) is 1. The van der Waals surface area contributed by atoms with Crippen molar-refractivity contribution in [3.8, 4) is 11.6 Å². The molecule has 0 fully saturated rings. The fraction of sp³-hybridized carbons (Fsp3) is 0.0769. The van der Waals surface area contributed by atoms with Crippen molar-refractivity contribution >= 4 is 21.9 Å². The van der Waals surface area contributed by atoms with Gasteiger partial charge in [0, 0.05) is 16.2 Å². The van der Waals surface area contributed by atoms with Crippen molar-refractivity contribution in [3.05, 3.63) is 51.6 Å². The Bertz CT molecular complexity index is 692. The van der Waals surface area contributed by atoms with E-state index in [1.807, 2.05) is 0 Å². The molecule has 0 bridgehead atoms. The first-order chi connectivity index (χ1) is 9.36. The molecule has 7 heteroatoms. The van der Waals surface area contributed by atoms with Gasteiger partial charge in [-0.25, -0.2) is 14.2 Å². The van der Waals surface area contributed by atoms with Gasteiger partial charge < -0.3 is 9.84 Å². The number of hydrogen-bond donors (Lipinski definition) is 1. The second kappa shape index (κ2) is 5.54. The van der Waals surface area contributed by atoms with Gasteiger partial charge in [-0.3, -0.25) is 0 Å². The van der Waals surface area contributed by atoms with E-state index in [9.17, 15) is 13.6 Å². The summed E-state index contributed by atoms with van der Waals surface area (Å²) in [6, 6.07) is 4.65. The third kappa shape index (κ3) is 3.11. The smallest absolute Gasteiger partial charge is 0.335 e. The molecular formula is C13H8BrF2NO3. The minimum Gasteiger partial charge on any atom is -0.478 e. The zero-order valence-corrected chi connectivity index (χ0v) is 11.7. The molecule has 0 aliphatic rings. The van der Waals surface area contributed by atoms with Gasteiger partial charge in [0.2, 0.25) is 11.7 Å². The molecule has 20 heavy (non-hydrogen) atoms. The van der Waals surface area contributed by atoms with E-state index in [2.05, 4.69) is 20.9 Å². The number of carbonyl (C=O) groups is 1. The second-order valence-corrected chi connectivity index (χ2v) is 4.86. The molecule has 1 aromatic carbocycles. The Morgan fingerprint density at radius 3 is 2.65 bits per heavy atom. The number of nitrogens with zero attached hydrogens (tertiary/aromatic N) is 1. The van der Waals surface area contributed by atoms with Crippen LogP contribution in [-0.4, -0.2) is 16.1 Å². The van der Waals surface area contributed by atoms with Crippen molar-refractivity contribution in [2.75, 3.05) is 0 Å². The molecule has 2 aromatic rings. The average molecular weight is 344 g/mol. The highest BCUT2D eigenvalue weighted by Gasteiger charge is 2.14. The Hall–Kier alpha value is -2.02. The summed E-state index contributed by atoms with van der Waals surface area (Å²) in [6.07, 6.45) is 0. The summed E-state index contributed by atoms with van der Waals surface area (Å²) in [6.45, 7) is 1.57. The number of aromatic nitrogens is 1. The summed E-state index contributed by atoms with van der Waals surface area (Å²) in [5.74, 6) is -3.93. The van der Waals surface area contributed by atoms with Crippen LogP contribution in [0.4, 0.5) is 8.78 Å². The molecule has 0 atom stereocenters. The van der Waals surface area contributed by atoms with E-state index in [0.29, 0.717) is 5.69 Å². The first-order valence-corrected chi connectivity index (χ1v) is 6.20. The SMILES string of the molecule is Cc1cc(C(=O)O)cc(Oc2cc(Br)cc(F)c2F)n1. The highest BCUT2D eigenvalue weighted by Crippen LogP contribution is 2.29. The van der Waals surface area contributed by atoms with Crippen LogP contribution in [0.15, 0.2) is 28.7 Å². The van der Waals surface area contributed by atoms with E-state index in [1.54, 1.807) is 6.92 Å². The molecule has 1 heterocycles. The number of hydrogen-bond acceptors (Lipinski definition) is 3. The normalized spacial score (nSPS) is 10.4. The Kier molecular flexibility index (Phi) is 3.99. The van der Waals surface area contributed by atoms with Crippen LogP contribution in [0.5, 0.6) is 11.6 Å². The molecule has 0 saturated carbocycles. The number of carboxylic acids is 1. The molecule has 1 N–H and O–H groups in total. The van der Waals surface area contributed by atoms with Gasteiger partial charge >= 0.3 is 5.97 Å². The third-order valence-corrected chi connectivity index (χ3v) is 2.81. The Morgan fingerprint density at radius 1 is 1.30 bits per heavy atom. The maximum Gasteiger partial charge on any atom is 0.335 e. The zero-order valence-electron chi connectivity index (χ0n) is 10.2. The number of halogens is 3. The van der Waals surface area contributed by atoms with Gasteiger partial charge in [-0.1, -0.05) is 15.9 Å². The lowest BCUT2D eigenvalue weighted by Gasteiger charge is -2.08. The number of ether oxygens (including phenoxy) is 1. The first-order valence-electron chi connectivity index (χ1n) is 5.41. The summed E-state index contributed by atoms with van der Waals surface area (Å²) in [4.78, 5) is 14.8. The van der Waals surface area contributed by atoms with E-state index >= 15 is 0 Å². The predicted octanol–water partition coefficient (Wildman–Crippen LogP) is 3.92. The minimum absolute atomic E-state index is 0.0524. The molecule has 104 valence electrons. The molecule has 0 aliphatic carbocycles. The van der Waals surface area contributed by atoms with Gasteiger partial charge in [0.25, 0.3) is 0 Å². The summed E-state index contributed by atoms with van der Waals surface area (Å²) < 4.78 is 32.2. The van der Waals surface area contributed by atoms with Crippen LogP contribution < -0.4 is 4.74 Å². The van der Waals surface area contributed by atoms with Crippen LogP contribution in [0.1, 0.15) is 16.1 Å². The summed E-state index contributed by atoms with van der Waals surface area (Å²) in [5, 5.41) is 8.92. The number of aromatic carboxylic acids is 1. The van der Waals surface area contributed by atoms with Gasteiger partial charge in [-0.2, -0.15) is 4.39 Å². The van der Waals surface area contributed by atoms with Crippen molar-refractivity contribution in [2.45, 2.75) is 6.92 Å². The van der Waals surface area contributed by atoms with E-state index < -0.39 is 17.6 Å². The Morgan fingerprint density at radius 2 is 2.00 bits per heavy atom. The van der Waals surface area contributed by atoms with E-state index in [-0.39, 0.29) is 21.7 Å². The van der Waals surface area contributed by atoms with Gasteiger partial charge in [0.05, 0.1) is 5.56 Å². The van der Waals surface area contributed by atoms with Crippen LogP contribution in [0.3, 0.4) is 0 Å². The molecule has 0 unspecified atom stereocenters. The van der Waals surface area contributed by atoms with Gasteiger partial charge in [0.1, 0.15) is 0 Å². The number of benzene rings is 1. The quantitative estimate of drug-likeness (QED) is 0.858. The minimum atomic E-state index is -1.17. The molecule has 0 amide bonds. The van der Waals surface area contributed by atoms with Gasteiger partial charge in [0.15, 0.2) is 11.6 Å². The summed E-state index contributed by atoms with van der Waals surface area (Å²) in [7, 11) is 0. The lowest BCUT2D eigenvalue weighted by Crippen LogP contribution is -2.01. The molecule has 0 aliphatic heterocycles. The molecule has 1 aromatic heterocycles. The van der Waals surface area contributed by atoms with Gasteiger partial charge in [-0.05, 0) is 25.1 Å². The molecule has 0 saturated heterocycles. The Balaban J connectivity index is 2.42. The maximum atomic E-state index is 13.6. The highest BCUT2D eigenvalue weighted by molar-refractivity contribution is 9.10. The Labute approximate surface area is 121 Å². The van der Waals surface area contributed by atoms with Crippen LogP contribution >= 0.6 is 15.9 Å². The van der Waals surface area contributed by atoms with Crippen molar-refractivity contribution in [2.24, 2.45) is 0 Å². The van der Waals surface area contributed by atoms with E-state index in [0.717, 1.165) is 12.1 Å². The fourth-order valence-electron chi connectivity index (χ4n) is 1.53. The van der Waals surface area contributed by atoms with Crippen LogP contribution in [-0.2, 0) is 0 Å². The van der Waals surface area contributed by atoms with E-state index in [4.69, 9.17) is 9.84 Å². The molecule has 0 spiro atoms. The fourth-order valence-corrected chi connectivity index (χ4v) is 1.94. The second-order valence-electron chi connectivity index (χ2n) is 3.94. The zero-order chi connectivity index (χ0) is 14.9. The topological polar surface area (TPSA) is 59.4 Å². The van der Waals surface area contributed by atoms with Crippen LogP contribution in [0.25, 0.3) is 0 Å². The number of pyridine rings is 1. The number of aryl methyl sites for hydroxylation is 1. The first kappa shape index (κ1) is 14.4. The van der Waals surface area contributed by atoms with Crippen molar-refractivity contribution < 1.29 is 23.4 Å². The average Bonchev–Trinajstić information content (AvgIpc) is 2.34.